The van der Waals surface area contributed by atoms with E-state index in [1.165, 1.54) is 11.0 Å². The first-order chi connectivity index (χ1) is 15.3. The van der Waals surface area contributed by atoms with E-state index in [9.17, 15) is 14.1 Å². The topological polar surface area (TPSA) is 154 Å². The fraction of sp³-hybridized carbons (Fsp3) is 0.476. The van der Waals surface area contributed by atoms with Gasteiger partial charge in [0.1, 0.15) is 21.5 Å². The van der Waals surface area contributed by atoms with Gasteiger partial charge < -0.3 is 15.8 Å². The van der Waals surface area contributed by atoms with Gasteiger partial charge in [0.25, 0.3) is 0 Å². The molecule has 2 unspecified atom stereocenters. The minimum Gasteiger partial charge on any atom is -0.382 e. The zero-order valence-corrected chi connectivity index (χ0v) is 18.9. The van der Waals surface area contributed by atoms with Crippen molar-refractivity contribution in [3.63, 3.8) is 0 Å². The first-order valence-corrected chi connectivity index (χ1v) is 12.6. The molecule has 0 radical (unpaired) electrons. The van der Waals surface area contributed by atoms with Crippen LogP contribution in [0.1, 0.15) is 50.0 Å². The van der Waals surface area contributed by atoms with Gasteiger partial charge in [-0.2, -0.15) is 4.98 Å². The largest absolute Gasteiger partial charge is 0.382 e. The van der Waals surface area contributed by atoms with Crippen LogP contribution < -0.4 is 11.4 Å². The SMILES string of the molecule is CCCS(=N)(=O)c1nc(N)c2[nH]c(=O)n(Cc3ccc(C(O)N4CCCCC4)cc3)c2n1. The maximum atomic E-state index is 12.7. The lowest BCUT2D eigenvalue weighted by atomic mass is 10.1. The summed E-state index contributed by atoms with van der Waals surface area (Å²) in [5.74, 6) is 0.116. The van der Waals surface area contributed by atoms with Crippen LogP contribution in [0.3, 0.4) is 0 Å². The molecule has 1 aromatic carbocycles. The monoisotopic (exact) mass is 459 g/mol. The zero-order valence-electron chi connectivity index (χ0n) is 18.1. The molecule has 172 valence electrons. The number of imidazole rings is 1. The molecule has 0 aliphatic carbocycles. The quantitative estimate of drug-likeness (QED) is 0.394. The molecule has 1 aliphatic rings. The van der Waals surface area contributed by atoms with Gasteiger partial charge in [0.15, 0.2) is 11.5 Å². The van der Waals surface area contributed by atoms with Crippen LogP contribution >= 0.6 is 0 Å². The highest BCUT2D eigenvalue weighted by Crippen LogP contribution is 2.23. The number of nitrogen functional groups attached to an aromatic ring is 1. The lowest BCUT2D eigenvalue weighted by Gasteiger charge is -2.31. The zero-order chi connectivity index (χ0) is 22.9. The molecular weight excluding hydrogens is 430 g/mol. The molecule has 0 amide bonds. The third-order valence-corrected chi connectivity index (χ3v) is 7.53. The van der Waals surface area contributed by atoms with E-state index in [2.05, 4.69) is 19.9 Å². The molecule has 10 nitrogen and oxygen atoms in total. The first kappa shape index (κ1) is 22.4. The van der Waals surface area contributed by atoms with Crippen LogP contribution in [0, 0.1) is 4.78 Å². The van der Waals surface area contributed by atoms with E-state index in [1.54, 1.807) is 0 Å². The minimum atomic E-state index is -3.19. The Morgan fingerprint density at radius 1 is 1.22 bits per heavy atom. The predicted molar refractivity (Wildman–Crippen MR) is 123 cm³/mol. The number of anilines is 1. The molecule has 2 aromatic heterocycles. The molecule has 3 heterocycles. The lowest BCUT2D eigenvalue weighted by Crippen LogP contribution is -2.33. The first-order valence-electron chi connectivity index (χ1n) is 10.8. The Balaban J connectivity index is 1.63. The molecule has 4 rings (SSSR count). The second kappa shape index (κ2) is 9.00. The predicted octanol–water partition coefficient (Wildman–Crippen LogP) is 2.04. The van der Waals surface area contributed by atoms with E-state index in [-0.39, 0.29) is 34.4 Å². The molecular formula is C21H29N7O3S. The lowest BCUT2D eigenvalue weighted by molar-refractivity contribution is -0.00983. The number of hydrogen-bond acceptors (Lipinski definition) is 8. The standard InChI is InChI=1S/C21H29N7O3S/c1-2-12-32(23,31)20-25-17(22)16-18(26-20)28(21(30)24-16)13-14-6-8-15(9-7-14)19(29)27-10-4-3-5-11-27/h6-9,19,23,29H,2-5,10-13H2,1H3,(H,24,30)(H2,22,25,26). The number of rotatable bonds is 7. The summed E-state index contributed by atoms with van der Waals surface area (Å²) in [7, 11) is -3.19. The number of aliphatic hydroxyl groups excluding tert-OH is 1. The van der Waals surface area contributed by atoms with Crippen LogP contribution in [0.2, 0.25) is 0 Å². The van der Waals surface area contributed by atoms with Gasteiger partial charge in [0.05, 0.1) is 6.54 Å². The molecule has 2 atom stereocenters. The molecule has 1 saturated heterocycles. The van der Waals surface area contributed by atoms with Gasteiger partial charge >= 0.3 is 5.69 Å². The molecule has 0 saturated carbocycles. The number of nitrogens with two attached hydrogens (primary N) is 1. The van der Waals surface area contributed by atoms with E-state index in [1.807, 2.05) is 31.2 Å². The van der Waals surface area contributed by atoms with E-state index < -0.39 is 21.6 Å². The number of nitrogens with zero attached hydrogens (tertiary/aromatic N) is 4. The van der Waals surface area contributed by atoms with Crippen molar-refractivity contribution in [2.24, 2.45) is 0 Å². The van der Waals surface area contributed by atoms with Crippen molar-refractivity contribution in [2.75, 3.05) is 24.6 Å². The highest BCUT2D eigenvalue weighted by atomic mass is 32.2. The van der Waals surface area contributed by atoms with Crippen LogP contribution in [0.15, 0.2) is 34.2 Å². The third kappa shape index (κ3) is 4.41. The summed E-state index contributed by atoms with van der Waals surface area (Å²) in [6, 6.07) is 7.45. The summed E-state index contributed by atoms with van der Waals surface area (Å²) in [5.41, 5.74) is 7.70. The summed E-state index contributed by atoms with van der Waals surface area (Å²) in [6.45, 7) is 3.80. The number of piperidine rings is 1. The fourth-order valence-corrected chi connectivity index (χ4v) is 5.29. The maximum Gasteiger partial charge on any atom is 0.328 e. The molecule has 0 spiro atoms. The van der Waals surface area contributed by atoms with Crippen LogP contribution in [0.25, 0.3) is 11.2 Å². The molecule has 5 N–H and O–H groups in total. The number of fused-ring (bicyclic) bond motifs is 1. The van der Waals surface area contributed by atoms with Crippen LogP contribution in [-0.2, 0) is 16.3 Å². The van der Waals surface area contributed by atoms with E-state index in [0.717, 1.165) is 37.1 Å². The van der Waals surface area contributed by atoms with E-state index in [0.29, 0.717) is 6.42 Å². The van der Waals surface area contributed by atoms with Gasteiger partial charge in [0, 0.05) is 18.8 Å². The maximum absolute atomic E-state index is 12.7. The molecule has 32 heavy (non-hydrogen) atoms. The number of H-pyrrole nitrogens is 1. The number of benzene rings is 1. The third-order valence-electron chi connectivity index (χ3n) is 5.77. The summed E-state index contributed by atoms with van der Waals surface area (Å²) < 4.78 is 22.2. The van der Waals surface area contributed by atoms with E-state index >= 15 is 0 Å². The second-order valence-corrected chi connectivity index (χ2v) is 10.3. The number of aliphatic hydroxyl groups is 1. The highest BCUT2D eigenvalue weighted by Gasteiger charge is 2.21. The Hall–Kier alpha value is -2.76. The Bertz CT molecular complexity index is 1260. The molecule has 1 fully saturated rings. The highest BCUT2D eigenvalue weighted by molar-refractivity contribution is 7.92. The van der Waals surface area contributed by atoms with Gasteiger partial charge in [-0.1, -0.05) is 37.6 Å². The van der Waals surface area contributed by atoms with Crippen molar-refractivity contribution in [1.82, 2.24) is 24.4 Å². The number of aromatic nitrogens is 4. The van der Waals surface area contributed by atoms with Gasteiger partial charge in [-0.3, -0.25) is 9.47 Å². The van der Waals surface area contributed by atoms with Gasteiger partial charge in [-0.05, 0) is 30.4 Å². The average molecular weight is 460 g/mol. The Kier molecular flexibility index (Phi) is 6.31. The van der Waals surface area contributed by atoms with Crippen molar-refractivity contribution < 1.29 is 9.32 Å². The van der Waals surface area contributed by atoms with Crippen molar-refractivity contribution >= 4 is 26.7 Å². The van der Waals surface area contributed by atoms with Gasteiger partial charge in [-0.25, -0.2) is 18.8 Å². The summed E-state index contributed by atoms with van der Waals surface area (Å²) in [5, 5.41) is 10.5. The summed E-state index contributed by atoms with van der Waals surface area (Å²) >= 11 is 0. The Morgan fingerprint density at radius 3 is 2.56 bits per heavy atom. The fourth-order valence-electron chi connectivity index (χ4n) is 4.06. The molecule has 11 heteroatoms. The van der Waals surface area contributed by atoms with Crippen molar-refractivity contribution in [1.29, 1.82) is 4.78 Å². The smallest absolute Gasteiger partial charge is 0.328 e. The number of likely N-dealkylation sites (tertiary alicyclic amines) is 1. The summed E-state index contributed by atoms with van der Waals surface area (Å²) in [6.07, 6.45) is 3.28. The molecule has 0 bridgehead atoms. The van der Waals surface area contributed by atoms with Crippen molar-refractivity contribution in [3.8, 4) is 0 Å². The summed E-state index contributed by atoms with van der Waals surface area (Å²) in [4.78, 5) is 25.6. The average Bonchev–Trinajstić information content (AvgIpc) is 3.10. The molecule has 1 aliphatic heterocycles. The van der Waals surface area contributed by atoms with Crippen molar-refractivity contribution in [3.05, 3.63) is 45.9 Å². The van der Waals surface area contributed by atoms with Crippen molar-refractivity contribution in [2.45, 2.75) is 50.5 Å². The number of hydrogen-bond donors (Lipinski definition) is 4. The van der Waals surface area contributed by atoms with Crippen LogP contribution in [0.4, 0.5) is 5.82 Å². The minimum absolute atomic E-state index is 0.00284. The molecule has 3 aromatic rings. The Morgan fingerprint density at radius 2 is 1.91 bits per heavy atom. The number of nitrogens with one attached hydrogen (secondary N) is 2. The Labute approximate surface area is 186 Å². The van der Waals surface area contributed by atoms with E-state index in [4.69, 9.17) is 10.5 Å². The number of aromatic amines is 1. The van der Waals surface area contributed by atoms with Crippen LogP contribution in [0.5, 0.6) is 0 Å². The second-order valence-electron chi connectivity index (χ2n) is 8.20. The van der Waals surface area contributed by atoms with Crippen LogP contribution in [-0.4, -0.2) is 52.6 Å². The van der Waals surface area contributed by atoms with Gasteiger partial charge in [-0.15, -0.1) is 0 Å². The van der Waals surface area contributed by atoms with Gasteiger partial charge in [0.2, 0.25) is 5.16 Å². The normalized spacial score (nSPS) is 17.9.